The lowest BCUT2D eigenvalue weighted by atomic mass is 10.1. The minimum atomic E-state index is -0.157. The van der Waals surface area contributed by atoms with Gasteiger partial charge >= 0.3 is 0 Å². The zero-order valence-electron chi connectivity index (χ0n) is 17.0. The second kappa shape index (κ2) is 8.52. The first-order valence-electron chi connectivity index (χ1n) is 10.5. The van der Waals surface area contributed by atoms with Crippen molar-refractivity contribution in [2.24, 2.45) is 0 Å². The number of hydrogen-bond acceptors (Lipinski definition) is 5. The molecule has 5 rings (SSSR count). The fourth-order valence-electron chi connectivity index (χ4n) is 3.95. The lowest BCUT2D eigenvalue weighted by Gasteiger charge is -2.23. The molecule has 0 bridgehead atoms. The number of carbonyl (C=O) groups is 1. The van der Waals surface area contributed by atoms with Crippen LogP contribution in [0.5, 0.6) is 11.5 Å². The standard InChI is InChI=1S/C25H23N3O3/c29-24(20-12-4-6-14-22(20)30-19-10-2-1-3-11-19)26-17-18-9-8-16-28(18)25-27-21-13-5-7-15-23(21)31-25/h1-7,10-15,18H,8-9,16-17H2,(H,26,29). The predicted octanol–water partition coefficient (Wildman–Crippen LogP) is 5.02. The summed E-state index contributed by atoms with van der Waals surface area (Å²) in [5.74, 6) is 1.07. The zero-order valence-corrected chi connectivity index (χ0v) is 17.0. The van der Waals surface area contributed by atoms with Crippen LogP contribution >= 0.6 is 0 Å². The van der Waals surface area contributed by atoms with Gasteiger partial charge in [-0.05, 0) is 49.2 Å². The monoisotopic (exact) mass is 413 g/mol. The van der Waals surface area contributed by atoms with Crippen LogP contribution < -0.4 is 15.0 Å². The Morgan fingerprint density at radius 1 is 1.03 bits per heavy atom. The van der Waals surface area contributed by atoms with Gasteiger partial charge in [0.25, 0.3) is 11.9 Å². The maximum atomic E-state index is 12.9. The van der Waals surface area contributed by atoms with E-state index in [4.69, 9.17) is 9.15 Å². The average Bonchev–Trinajstić information content (AvgIpc) is 3.45. The van der Waals surface area contributed by atoms with Gasteiger partial charge in [0.1, 0.15) is 17.0 Å². The molecule has 1 aromatic heterocycles. The molecule has 1 atom stereocenters. The molecule has 1 unspecified atom stereocenters. The van der Waals surface area contributed by atoms with Crippen molar-refractivity contribution in [1.82, 2.24) is 10.3 Å². The third-order valence-corrected chi connectivity index (χ3v) is 5.51. The van der Waals surface area contributed by atoms with Crippen LogP contribution in [0.4, 0.5) is 6.01 Å². The van der Waals surface area contributed by atoms with E-state index in [0.717, 1.165) is 30.5 Å². The number of anilines is 1. The Bertz CT molecular complexity index is 1160. The van der Waals surface area contributed by atoms with Crippen molar-refractivity contribution >= 4 is 23.0 Å². The number of ether oxygens (including phenoxy) is 1. The molecule has 1 aliphatic heterocycles. The Labute approximate surface area is 180 Å². The number of nitrogens with zero attached hydrogens (tertiary/aromatic N) is 2. The highest BCUT2D eigenvalue weighted by Gasteiger charge is 2.29. The molecule has 0 spiro atoms. The van der Waals surface area contributed by atoms with Crippen molar-refractivity contribution in [3.05, 3.63) is 84.4 Å². The molecule has 156 valence electrons. The molecule has 0 aliphatic carbocycles. The average molecular weight is 413 g/mol. The lowest BCUT2D eigenvalue weighted by molar-refractivity contribution is 0.0949. The van der Waals surface area contributed by atoms with E-state index >= 15 is 0 Å². The molecule has 1 fully saturated rings. The molecule has 1 aliphatic rings. The van der Waals surface area contributed by atoms with Crippen LogP contribution in [0.15, 0.2) is 83.3 Å². The normalized spacial score (nSPS) is 15.9. The summed E-state index contributed by atoms with van der Waals surface area (Å²) in [7, 11) is 0. The summed E-state index contributed by atoms with van der Waals surface area (Å²) < 4.78 is 11.9. The zero-order chi connectivity index (χ0) is 21.0. The Morgan fingerprint density at radius 3 is 2.68 bits per heavy atom. The highest BCUT2D eigenvalue weighted by Crippen LogP contribution is 2.29. The first-order valence-corrected chi connectivity index (χ1v) is 10.5. The number of benzene rings is 3. The van der Waals surface area contributed by atoms with Crippen molar-refractivity contribution < 1.29 is 13.9 Å². The van der Waals surface area contributed by atoms with Crippen molar-refractivity contribution in [3.8, 4) is 11.5 Å². The van der Waals surface area contributed by atoms with Gasteiger partial charge in [-0.15, -0.1) is 0 Å². The van der Waals surface area contributed by atoms with Crippen LogP contribution in [-0.4, -0.2) is 30.0 Å². The summed E-state index contributed by atoms with van der Waals surface area (Å²) in [4.78, 5) is 19.7. The Morgan fingerprint density at radius 2 is 1.81 bits per heavy atom. The minimum Gasteiger partial charge on any atom is -0.457 e. The lowest BCUT2D eigenvalue weighted by Crippen LogP contribution is -2.40. The topological polar surface area (TPSA) is 67.6 Å². The molecule has 1 saturated heterocycles. The van der Waals surface area contributed by atoms with E-state index < -0.39 is 0 Å². The molecule has 31 heavy (non-hydrogen) atoms. The smallest absolute Gasteiger partial charge is 0.298 e. The van der Waals surface area contributed by atoms with Crippen LogP contribution in [0.25, 0.3) is 11.1 Å². The number of para-hydroxylation sites is 4. The minimum absolute atomic E-state index is 0.138. The number of carbonyl (C=O) groups excluding carboxylic acids is 1. The van der Waals surface area contributed by atoms with Gasteiger partial charge in [-0.3, -0.25) is 4.79 Å². The summed E-state index contributed by atoms with van der Waals surface area (Å²) >= 11 is 0. The molecule has 6 heteroatoms. The van der Waals surface area contributed by atoms with E-state index in [0.29, 0.717) is 29.6 Å². The van der Waals surface area contributed by atoms with Crippen LogP contribution in [-0.2, 0) is 0 Å². The van der Waals surface area contributed by atoms with Gasteiger partial charge in [-0.2, -0.15) is 4.98 Å². The molecule has 1 amide bonds. The van der Waals surface area contributed by atoms with Gasteiger partial charge in [0.2, 0.25) is 0 Å². The van der Waals surface area contributed by atoms with E-state index in [1.165, 1.54) is 0 Å². The number of oxazole rings is 1. The van der Waals surface area contributed by atoms with Gasteiger partial charge in [-0.25, -0.2) is 0 Å². The van der Waals surface area contributed by atoms with Crippen LogP contribution in [0.2, 0.25) is 0 Å². The van der Waals surface area contributed by atoms with E-state index in [-0.39, 0.29) is 11.9 Å². The molecule has 6 nitrogen and oxygen atoms in total. The third-order valence-electron chi connectivity index (χ3n) is 5.51. The van der Waals surface area contributed by atoms with E-state index in [9.17, 15) is 4.79 Å². The summed E-state index contributed by atoms with van der Waals surface area (Å²) in [6.45, 7) is 1.37. The van der Waals surface area contributed by atoms with Gasteiger partial charge in [0.15, 0.2) is 5.58 Å². The highest BCUT2D eigenvalue weighted by molar-refractivity contribution is 5.97. The molecule has 1 N–H and O–H groups in total. The highest BCUT2D eigenvalue weighted by atomic mass is 16.5. The number of rotatable bonds is 6. The number of nitrogens with one attached hydrogen (secondary N) is 1. The molecule has 4 aromatic rings. The van der Waals surface area contributed by atoms with Gasteiger partial charge < -0.3 is 19.4 Å². The van der Waals surface area contributed by atoms with E-state index in [2.05, 4.69) is 15.2 Å². The Balaban J connectivity index is 1.28. The number of fused-ring (bicyclic) bond motifs is 1. The first-order chi connectivity index (χ1) is 15.3. The predicted molar refractivity (Wildman–Crippen MR) is 120 cm³/mol. The maximum Gasteiger partial charge on any atom is 0.298 e. The number of amides is 1. The van der Waals surface area contributed by atoms with Crippen molar-refractivity contribution in [1.29, 1.82) is 0 Å². The van der Waals surface area contributed by atoms with Crippen LogP contribution in [0.3, 0.4) is 0 Å². The number of aromatic nitrogens is 1. The second-order valence-electron chi connectivity index (χ2n) is 7.57. The van der Waals surface area contributed by atoms with E-state index in [1.54, 1.807) is 6.07 Å². The fourth-order valence-corrected chi connectivity index (χ4v) is 3.95. The maximum absolute atomic E-state index is 12.9. The summed E-state index contributed by atoms with van der Waals surface area (Å²) in [6.07, 6.45) is 2.01. The molecular weight excluding hydrogens is 390 g/mol. The second-order valence-corrected chi connectivity index (χ2v) is 7.57. The van der Waals surface area contributed by atoms with Crippen molar-refractivity contribution in [2.75, 3.05) is 18.0 Å². The van der Waals surface area contributed by atoms with Gasteiger partial charge in [-0.1, -0.05) is 42.5 Å². The summed E-state index contributed by atoms with van der Waals surface area (Å²) in [6, 6.07) is 25.3. The molecule has 0 saturated carbocycles. The van der Waals surface area contributed by atoms with Gasteiger partial charge in [0, 0.05) is 13.1 Å². The molecule has 0 radical (unpaired) electrons. The quantitative estimate of drug-likeness (QED) is 0.481. The Kier molecular flexibility index (Phi) is 5.27. The first kappa shape index (κ1) is 19.2. The summed E-state index contributed by atoms with van der Waals surface area (Å²) in [5.41, 5.74) is 2.14. The summed E-state index contributed by atoms with van der Waals surface area (Å²) in [5, 5.41) is 3.07. The molecular formula is C25H23N3O3. The van der Waals surface area contributed by atoms with Gasteiger partial charge in [0.05, 0.1) is 11.6 Å². The molecule has 3 aromatic carbocycles. The molecule has 2 heterocycles. The van der Waals surface area contributed by atoms with Crippen LogP contribution in [0, 0.1) is 0 Å². The third kappa shape index (κ3) is 4.10. The van der Waals surface area contributed by atoms with Crippen molar-refractivity contribution in [3.63, 3.8) is 0 Å². The fraction of sp³-hybridized carbons (Fsp3) is 0.200. The van der Waals surface area contributed by atoms with Crippen LogP contribution in [0.1, 0.15) is 23.2 Å². The largest absolute Gasteiger partial charge is 0.457 e. The van der Waals surface area contributed by atoms with Crippen molar-refractivity contribution in [2.45, 2.75) is 18.9 Å². The SMILES string of the molecule is O=C(NCC1CCCN1c1nc2ccccc2o1)c1ccccc1Oc1ccccc1. The Hall–Kier alpha value is -3.80. The van der Waals surface area contributed by atoms with E-state index in [1.807, 2.05) is 72.8 Å². The number of hydrogen-bond donors (Lipinski definition) is 1.